The third-order valence-corrected chi connectivity index (χ3v) is 0. The van der Waals surface area contributed by atoms with Gasteiger partial charge in [0.05, 0.1) is 0 Å². The van der Waals surface area contributed by atoms with E-state index in [4.69, 9.17) is 0 Å². The second-order valence-corrected chi connectivity index (χ2v) is 9.52. The number of rotatable bonds is 0. The minimum atomic E-state index is 0. The molecule has 0 aliphatic carbocycles. The molecule has 0 aromatic carbocycles. The summed E-state index contributed by atoms with van der Waals surface area (Å²) < 4.78 is 0. The maximum atomic E-state index is 3.16. The Labute approximate surface area is 90.1 Å². The van der Waals surface area contributed by atoms with Crippen molar-refractivity contribution in [2.24, 2.45) is 0 Å². The Bertz CT molecular complexity index is 6.00. The summed E-state index contributed by atoms with van der Waals surface area (Å²) in [5, 5.41) is 0. The zero-order valence-electron chi connectivity index (χ0n) is 2.06. The Balaban J connectivity index is 0. The fraction of sp³-hybridized carbons (Fsp3) is 0. The van der Waals surface area contributed by atoms with E-state index in [-0.39, 0.29) is 51.4 Å². The van der Waals surface area contributed by atoms with Gasteiger partial charge in [0.1, 0.15) is 0 Å². The molecule has 0 fully saturated rings. The molecule has 0 heterocycles. The van der Waals surface area contributed by atoms with Crippen LogP contribution in [-0.4, -0.2) is 0 Å². The summed E-state index contributed by atoms with van der Waals surface area (Å²) in [5.74, 6) is 0. The molecular weight excluding hydrogens is 396 g/mol. The van der Waals surface area contributed by atoms with Crippen LogP contribution in [0.1, 0.15) is 0 Å². The topological polar surface area (TPSA) is 0 Å². The first kappa shape index (κ1) is 10.3. The molecule has 26 valence electrons. The maximum absolute atomic E-state index is 3.16. The average molecular weight is 396 g/mol. The smallest absolute Gasteiger partial charge is 1.00 e. The van der Waals surface area contributed by atoms with Crippen molar-refractivity contribution >= 4 is 26.0 Å². The van der Waals surface area contributed by atoms with Gasteiger partial charge in [0.25, 0.3) is 0 Å². The van der Waals surface area contributed by atoms with Gasteiger partial charge in [-0.15, -0.1) is 0 Å². The second-order valence-electron chi connectivity index (χ2n) is 0.0431. The van der Waals surface area contributed by atoms with Crippen LogP contribution < -0.4 is 51.4 Å². The van der Waals surface area contributed by atoms with E-state index in [1.165, 1.54) is 0 Å². The first-order chi connectivity index (χ1) is 1.41. The van der Waals surface area contributed by atoms with Gasteiger partial charge in [-0.25, -0.2) is 0 Å². The van der Waals surface area contributed by atoms with E-state index in [2.05, 4.69) is 26.0 Å². The predicted octanol–water partition coefficient (Wildman–Crippen LogP) is -1.31. The van der Waals surface area contributed by atoms with Crippen LogP contribution in [0.3, 0.4) is 0 Å². The molecule has 0 aromatic rings. The van der Waals surface area contributed by atoms with Crippen LogP contribution in [0.4, 0.5) is 0 Å². The van der Waals surface area contributed by atoms with Crippen LogP contribution in [0.5, 0.6) is 0 Å². The molecule has 0 saturated heterocycles. The molecule has 4 heavy (non-hydrogen) atoms. The molecule has 0 radical (unpaired) electrons. The average Bonchev–Trinajstić information content (AvgIpc) is 0.918. The predicted molar refractivity (Wildman–Crippen MR) is 17.9 cm³/mol. The summed E-state index contributed by atoms with van der Waals surface area (Å²) in [7, 11) is 0. The van der Waals surface area contributed by atoms with Gasteiger partial charge in [-0.05, 0) is 0 Å². The Morgan fingerprint density at radius 2 is 1.25 bits per heavy atom. The van der Waals surface area contributed by atoms with Crippen molar-refractivity contribution in [3.8, 4) is 0 Å². The van der Waals surface area contributed by atoms with E-state index in [0.717, 1.165) is 0 Å². The maximum Gasteiger partial charge on any atom is 1.00 e. The van der Waals surface area contributed by atoms with Gasteiger partial charge in [0.2, 0.25) is 0 Å². The summed E-state index contributed by atoms with van der Waals surface area (Å²) in [6, 6.07) is 0. The van der Waals surface area contributed by atoms with Crippen molar-refractivity contribution in [1.82, 2.24) is 0 Å². The summed E-state index contributed by atoms with van der Waals surface area (Å²) in [6.07, 6.45) is 0. The van der Waals surface area contributed by atoms with E-state index < -0.39 is 0 Å². The first-order valence-electron chi connectivity index (χ1n) is 0.228. The summed E-state index contributed by atoms with van der Waals surface area (Å²) >= 11 is 6.61. The van der Waals surface area contributed by atoms with Crippen LogP contribution in [0, 0.1) is 0 Å². The molecule has 0 aliphatic rings. The molecule has 0 aliphatic heterocycles. The van der Waals surface area contributed by atoms with Crippen molar-refractivity contribution in [2.75, 3.05) is 0 Å². The summed E-state index contributed by atoms with van der Waals surface area (Å²) in [4.78, 5) is 0. The molecule has 0 saturated carbocycles. The third-order valence-electron chi connectivity index (χ3n) is 0. The van der Waals surface area contributed by atoms with E-state index in [0.29, 0.717) is 15.5 Å². The monoisotopic (exact) mass is 394 g/mol. The zero-order valence-corrected chi connectivity index (χ0v) is 10.5. The number of halogens is 2. The fourth-order valence-electron chi connectivity index (χ4n) is 0. The van der Waals surface area contributed by atoms with Crippen LogP contribution in [0.15, 0.2) is 0 Å². The Morgan fingerprint density at radius 3 is 1.25 bits per heavy atom. The molecule has 0 N–H and O–H groups in total. The van der Waals surface area contributed by atoms with Crippen LogP contribution >= 0.6 is 26.0 Å². The quantitative estimate of drug-likeness (QED) is 0.447. The van der Waals surface area contributed by atoms with Gasteiger partial charge in [0, 0.05) is 0 Å². The Morgan fingerprint density at radius 1 is 1.25 bits per heavy atom. The molecule has 0 bridgehead atoms. The summed E-state index contributed by atoms with van der Waals surface area (Å²) in [5.41, 5.74) is 0. The zero-order chi connectivity index (χ0) is 2.71. The Hall–Kier alpha value is 3.34. The molecule has 0 unspecified atom stereocenters. The van der Waals surface area contributed by atoms with E-state index in [1.54, 1.807) is 0 Å². The van der Waals surface area contributed by atoms with Gasteiger partial charge < -0.3 is 0 Å². The standard InChI is InChI=1S/Au.2BrH.K/h;2*1H;/q+1;;;+1/p-2. The molecule has 0 rings (SSSR count). The molecule has 0 spiro atoms. The third kappa shape index (κ3) is 9.01. The largest absolute Gasteiger partial charge is 1.00 e. The minimum Gasteiger partial charge on any atom is 1.00 e. The van der Waals surface area contributed by atoms with E-state index in [9.17, 15) is 0 Å². The van der Waals surface area contributed by atoms with Gasteiger partial charge >= 0.3 is 92.9 Å². The van der Waals surface area contributed by atoms with Crippen LogP contribution in [-0.2, 0) is 15.5 Å². The van der Waals surface area contributed by atoms with Crippen molar-refractivity contribution < 1.29 is 66.9 Å². The van der Waals surface area contributed by atoms with Crippen molar-refractivity contribution in [2.45, 2.75) is 0 Å². The SMILES string of the molecule is [Br][Au-][Br].[K+]. The first-order valence-corrected chi connectivity index (χ1v) is 9.69. The number of hydrogen-bond acceptors (Lipinski definition) is 0. The van der Waals surface area contributed by atoms with Crippen molar-refractivity contribution in [3.05, 3.63) is 0 Å². The van der Waals surface area contributed by atoms with Gasteiger partial charge in [-0.1, -0.05) is 0 Å². The van der Waals surface area contributed by atoms with Crippen molar-refractivity contribution in [1.29, 1.82) is 0 Å². The molecule has 0 nitrogen and oxygen atoms in total. The molecule has 0 amide bonds. The minimum absolute atomic E-state index is 0. The molecule has 4 heteroatoms. The molecule has 0 aromatic heterocycles. The molecule has 0 atom stereocenters. The van der Waals surface area contributed by atoms with E-state index in [1.807, 2.05) is 0 Å². The van der Waals surface area contributed by atoms with Gasteiger partial charge in [0.15, 0.2) is 0 Å². The second kappa shape index (κ2) is 9.60. The van der Waals surface area contributed by atoms with Gasteiger partial charge in [-0.2, -0.15) is 0 Å². The fourth-order valence-corrected chi connectivity index (χ4v) is 0. The Kier molecular flexibility index (Phi) is 24.8. The van der Waals surface area contributed by atoms with Crippen LogP contribution in [0.25, 0.3) is 0 Å². The van der Waals surface area contributed by atoms with Crippen LogP contribution in [0.2, 0.25) is 0 Å². The van der Waals surface area contributed by atoms with Crippen molar-refractivity contribution in [3.63, 3.8) is 0 Å². The van der Waals surface area contributed by atoms with E-state index >= 15 is 0 Å². The normalized spacial score (nSPS) is 5.50. The van der Waals surface area contributed by atoms with Gasteiger partial charge in [-0.3, -0.25) is 0 Å². The number of hydrogen-bond donors (Lipinski definition) is 0. The summed E-state index contributed by atoms with van der Waals surface area (Å²) in [6.45, 7) is 0. The molecular formula is AuBr2K.